The molecule has 0 fully saturated rings. The molecule has 17 heavy (non-hydrogen) atoms. The number of carboxylic acid groups (broad SMARTS) is 1. The minimum Gasteiger partial charge on any atom is -0.496 e. The maximum atomic E-state index is 13.6. The molecule has 0 aliphatic heterocycles. The average molecular weight is 235 g/mol. The van der Waals surface area contributed by atoms with Crippen LogP contribution in [0.5, 0.6) is 5.75 Å². The Morgan fingerprint density at radius 3 is 2.94 bits per heavy atom. The average Bonchev–Trinajstić information content (AvgIpc) is 2.28. The van der Waals surface area contributed by atoms with Gasteiger partial charge in [0.2, 0.25) is 0 Å². The van der Waals surface area contributed by atoms with Crippen LogP contribution < -0.4 is 4.74 Å². The van der Waals surface area contributed by atoms with Crippen molar-refractivity contribution in [1.82, 2.24) is 4.98 Å². The minimum atomic E-state index is -1.02. The summed E-state index contributed by atoms with van der Waals surface area (Å²) >= 11 is 0. The number of hydrogen-bond acceptors (Lipinski definition) is 3. The number of hydrogen-bond donors (Lipinski definition) is 1. The molecule has 0 amide bonds. The summed E-state index contributed by atoms with van der Waals surface area (Å²) in [6.07, 6.45) is -0.263. The van der Waals surface area contributed by atoms with Crippen molar-refractivity contribution in [2.45, 2.75) is 6.42 Å². The first-order valence-corrected chi connectivity index (χ1v) is 4.95. The summed E-state index contributed by atoms with van der Waals surface area (Å²) in [4.78, 5) is 14.6. The molecule has 0 bridgehead atoms. The first-order valence-electron chi connectivity index (χ1n) is 4.95. The molecule has 0 saturated heterocycles. The third kappa shape index (κ3) is 2.18. The number of methoxy groups -OCH3 is 1. The lowest BCUT2D eigenvalue weighted by Gasteiger charge is -2.07. The van der Waals surface area contributed by atoms with Crippen molar-refractivity contribution in [2.24, 2.45) is 0 Å². The van der Waals surface area contributed by atoms with E-state index in [1.807, 2.05) is 0 Å². The van der Waals surface area contributed by atoms with Crippen molar-refractivity contribution in [3.63, 3.8) is 0 Å². The van der Waals surface area contributed by atoms with Crippen LogP contribution in [0.4, 0.5) is 4.39 Å². The van der Waals surface area contributed by atoms with E-state index in [2.05, 4.69) is 4.98 Å². The number of aliphatic carboxylic acids is 1. The normalized spacial score (nSPS) is 10.5. The van der Waals surface area contributed by atoms with E-state index in [1.54, 1.807) is 12.1 Å². The van der Waals surface area contributed by atoms with Gasteiger partial charge in [0, 0.05) is 11.5 Å². The monoisotopic (exact) mass is 235 g/mol. The number of nitrogens with zero attached hydrogens (tertiary/aromatic N) is 1. The van der Waals surface area contributed by atoms with E-state index in [0.717, 1.165) is 0 Å². The zero-order valence-electron chi connectivity index (χ0n) is 9.11. The number of aromatic nitrogens is 1. The van der Waals surface area contributed by atoms with E-state index in [0.29, 0.717) is 11.1 Å². The van der Waals surface area contributed by atoms with Crippen LogP contribution in [0.15, 0.2) is 24.3 Å². The van der Waals surface area contributed by atoms with Gasteiger partial charge in [-0.25, -0.2) is 9.37 Å². The highest BCUT2D eigenvalue weighted by Crippen LogP contribution is 2.26. The number of carbonyl (C=O) groups is 1. The summed E-state index contributed by atoms with van der Waals surface area (Å²) in [5, 5.41) is 9.23. The van der Waals surface area contributed by atoms with Crippen LogP contribution in [0.25, 0.3) is 10.9 Å². The van der Waals surface area contributed by atoms with E-state index in [4.69, 9.17) is 9.84 Å². The fraction of sp³-hybridized carbons (Fsp3) is 0.167. The lowest BCUT2D eigenvalue weighted by atomic mass is 10.1. The molecule has 1 N–H and O–H groups in total. The van der Waals surface area contributed by atoms with E-state index in [-0.39, 0.29) is 17.6 Å². The van der Waals surface area contributed by atoms with Crippen LogP contribution in [0.2, 0.25) is 0 Å². The molecule has 5 heteroatoms. The molecule has 0 saturated carbocycles. The van der Waals surface area contributed by atoms with Gasteiger partial charge in [-0.05, 0) is 12.1 Å². The maximum Gasteiger partial charge on any atom is 0.309 e. The van der Waals surface area contributed by atoms with Crippen molar-refractivity contribution in [3.8, 4) is 5.75 Å². The minimum absolute atomic E-state index is 0.128. The molecular formula is C12H10FNO3. The fourth-order valence-electron chi connectivity index (χ4n) is 1.65. The number of fused-ring (bicyclic) bond motifs is 1. The lowest BCUT2D eigenvalue weighted by molar-refractivity contribution is -0.136. The van der Waals surface area contributed by atoms with Crippen molar-refractivity contribution >= 4 is 16.9 Å². The van der Waals surface area contributed by atoms with Crippen LogP contribution in [-0.4, -0.2) is 23.2 Å². The summed E-state index contributed by atoms with van der Waals surface area (Å²) in [5.41, 5.74) is 0.398. The highest BCUT2D eigenvalue weighted by molar-refractivity contribution is 5.86. The molecular weight excluding hydrogens is 225 g/mol. The Labute approximate surface area is 96.7 Å². The Morgan fingerprint density at radius 2 is 2.29 bits per heavy atom. The molecule has 1 aromatic carbocycles. The molecule has 1 aromatic heterocycles. The van der Waals surface area contributed by atoms with Crippen LogP contribution in [0.3, 0.4) is 0 Å². The molecule has 88 valence electrons. The predicted molar refractivity (Wildman–Crippen MR) is 59.6 cm³/mol. The number of carboxylic acids is 1. The quantitative estimate of drug-likeness (QED) is 0.884. The van der Waals surface area contributed by atoms with Gasteiger partial charge >= 0.3 is 5.97 Å². The Balaban J connectivity index is 2.67. The summed E-state index contributed by atoms with van der Waals surface area (Å²) < 4.78 is 18.7. The smallest absolute Gasteiger partial charge is 0.309 e. The summed E-state index contributed by atoms with van der Waals surface area (Å²) in [5.74, 6) is -1.09. The highest BCUT2D eigenvalue weighted by atomic mass is 19.1. The van der Waals surface area contributed by atoms with Crippen LogP contribution in [0.1, 0.15) is 5.69 Å². The number of benzene rings is 1. The van der Waals surface area contributed by atoms with Crippen molar-refractivity contribution in [1.29, 1.82) is 0 Å². The highest BCUT2D eigenvalue weighted by Gasteiger charge is 2.11. The van der Waals surface area contributed by atoms with E-state index >= 15 is 0 Å². The summed E-state index contributed by atoms with van der Waals surface area (Å²) in [6, 6.07) is 6.02. The third-order valence-corrected chi connectivity index (χ3v) is 2.36. The molecule has 2 rings (SSSR count). The molecule has 0 radical (unpaired) electrons. The van der Waals surface area contributed by atoms with Crippen LogP contribution in [0, 0.1) is 5.82 Å². The second-order valence-corrected chi connectivity index (χ2v) is 3.52. The van der Waals surface area contributed by atoms with Gasteiger partial charge in [0.1, 0.15) is 17.1 Å². The van der Waals surface area contributed by atoms with E-state index in [1.165, 1.54) is 19.2 Å². The first-order chi connectivity index (χ1) is 8.11. The zero-order valence-corrected chi connectivity index (χ0v) is 9.11. The molecule has 0 atom stereocenters. The van der Waals surface area contributed by atoms with Gasteiger partial charge in [-0.1, -0.05) is 6.07 Å². The molecule has 0 unspecified atom stereocenters. The summed E-state index contributed by atoms with van der Waals surface area (Å²) in [6.45, 7) is 0. The molecule has 0 aliphatic rings. The van der Waals surface area contributed by atoms with Gasteiger partial charge in [0.15, 0.2) is 0 Å². The molecule has 4 nitrogen and oxygen atoms in total. The zero-order chi connectivity index (χ0) is 12.4. The van der Waals surface area contributed by atoms with Crippen LogP contribution in [-0.2, 0) is 11.2 Å². The number of halogens is 1. The van der Waals surface area contributed by atoms with Crippen molar-refractivity contribution in [2.75, 3.05) is 7.11 Å². The largest absolute Gasteiger partial charge is 0.496 e. The number of pyridine rings is 1. The third-order valence-electron chi connectivity index (χ3n) is 2.36. The van der Waals surface area contributed by atoms with Gasteiger partial charge in [-0.15, -0.1) is 0 Å². The maximum absolute atomic E-state index is 13.6. The molecule has 2 aromatic rings. The fourth-order valence-corrected chi connectivity index (χ4v) is 1.65. The lowest BCUT2D eigenvalue weighted by Crippen LogP contribution is -2.03. The van der Waals surface area contributed by atoms with Crippen LogP contribution >= 0.6 is 0 Å². The van der Waals surface area contributed by atoms with E-state index < -0.39 is 11.8 Å². The van der Waals surface area contributed by atoms with Gasteiger partial charge < -0.3 is 9.84 Å². The Morgan fingerprint density at radius 1 is 1.53 bits per heavy atom. The summed E-state index contributed by atoms with van der Waals surface area (Å²) in [7, 11) is 1.45. The first kappa shape index (κ1) is 11.3. The SMILES string of the molecule is COc1cc(CC(=O)O)nc2c(F)cccc12. The van der Waals surface area contributed by atoms with Crippen molar-refractivity contribution < 1.29 is 19.0 Å². The number of ether oxygens (including phenoxy) is 1. The Kier molecular flexibility index (Phi) is 2.91. The molecule has 1 heterocycles. The van der Waals surface area contributed by atoms with E-state index in [9.17, 15) is 9.18 Å². The Hall–Kier alpha value is -2.17. The van der Waals surface area contributed by atoms with Crippen molar-refractivity contribution in [3.05, 3.63) is 35.8 Å². The van der Waals surface area contributed by atoms with Gasteiger partial charge in [0.25, 0.3) is 0 Å². The standard InChI is InChI=1S/C12H10FNO3/c1-17-10-5-7(6-11(15)16)14-12-8(10)3-2-4-9(12)13/h2-5H,6H2,1H3,(H,15,16). The molecule has 0 aliphatic carbocycles. The van der Waals surface area contributed by atoms with Gasteiger partial charge in [-0.3, -0.25) is 4.79 Å². The second-order valence-electron chi connectivity index (χ2n) is 3.52. The number of rotatable bonds is 3. The number of para-hydroxylation sites is 1. The van der Waals surface area contributed by atoms with Gasteiger partial charge in [-0.2, -0.15) is 0 Å². The molecule has 0 spiro atoms. The Bertz CT molecular complexity index is 583. The predicted octanol–water partition coefficient (Wildman–Crippen LogP) is 2.01. The van der Waals surface area contributed by atoms with Gasteiger partial charge in [0.05, 0.1) is 19.2 Å². The second kappa shape index (κ2) is 4.37. The topological polar surface area (TPSA) is 59.4 Å².